The third-order valence-electron chi connectivity index (χ3n) is 4.84. The van der Waals surface area contributed by atoms with E-state index in [1.807, 2.05) is 24.3 Å². The number of rotatable bonds is 3. The van der Waals surface area contributed by atoms with Crippen LogP contribution >= 0.6 is 0 Å². The summed E-state index contributed by atoms with van der Waals surface area (Å²) >= 11 is 0. The van der Waals surface area contributed by atoms with Gasteiger partial charge in [0.15, 0.2) is 0 Å². The Morgan fingerprint density at radius 2 is 1.86 bits per heavy atom. The minimum absolute atomic E-state index is 0.127. The number of hydrogen-bond donors (Lipinski definition) is 1. The molecule has 4 nitrogen and oxygen atoms in total. The number of esters is 1. The zero-order valence-corrected chi connectivity index (χ0v) is 12.5. The molecule has 0 saturated carbocycles. The lowest BCUT2D eigenvalue weighted by Crippen LogP contribution is -2.52. The summed E-state index contributed by atoms with van der Waals surface area (Å²) in [6.07, 6.45) is 5.33. The molecular formula is C17H23NO3. The number of hydrogen-bond acceptors (Lipinski definition) is 4. The highest BCUT2D eigenvalue weighted by atomic mass is 16.5. The Labute approximate surface area is 125 Å². The minimum Gasteiger partial charge on any atom is -0.465 e. The highest BCUT2D eigenvalue weighted by Crippen LogP contribution is 2.35. The monoisotopic (exact) mass is 289 g/mol. The average Bonchev–Trinajstić information content (AvgIpc) is 2.48. The fourth-order valence-electron chi connectivity index (χ4n) is 3.78. The van der Waals surface area contributed by atoms with Crippen LogP contribution in [0, 0.1) is 0 Å². The molecule has 1 aromatic rings. The van der Waals surface area contributed by atoms with E-state index in [4.69, 9.17) is 4.74 Å². The van der Waals surface area contributed by atoms with Crippen molar-refractivity contribution in [1.29, 1.82) is 0 Å². The van der Waals surface area contributed by atoms with E-state index in [0.717, 1.165) is 19.4 Å². The number of ether oxygens (including phenoxy) is 1. The molecule has 2 aliphatic rings. The molecule has 2 heterocycles. The number of carbonyl (C=O) groups excluding carboxylic acids is 1. The minimum atomic E-state index is -0.292. The second-order valence-electron chi connectivity index (χ2n) is 6.22. The summed E-state index contributed by atoms with van der Waals surface area (Å²) in [6.45, 7) is 0.906. The standard InChI is InChI=1S/C17H23NO3/c1-21-17(20)13-7-5-12(6-8-13)11-18-14-3-2-4-15(18)10-16(19)9-14/h5-8,14-16,19H,2-4,9-11H2,1H3/t14-,15+,16?. The number of aliphatic hydroxyl groups is 1. The van der Waals surface area contributed by atoms with Crippen LogP contribution in [0.1, 0.15) is 48.0 Å². The van der Waals surface area contributed by atoms with Crippen molar-refractivity contribution in [3.8, 4) is 0 Å². The van der Waals surface area contributed by atoms with Gasteiger partial charge in [-0.2, -0.15) is 0 Å². The van der Waals surface area contributed by atoms with Gasteiger partial charge in [0.1, 0.15) is 0 Å². The van der Waals surface area contributed by atoms with E-state index in [9.17, 15) is 9.90 Å². The van der Waals surface area contributed by atoms with Crippen LogP contribution in [0.4, 0.5) is 0 Å². The predicted octanol–water partition coefficient (Wildman–Crippen LogP) is 2.35. The zero-order chi connectivity index (χ0) is 14.8. The van der Waals surface area contributed by atoms with Crippen LogP contribution in [0.3, 0.4) is 0 Å². The summed E-state index contributed by atoms with van der Waals surface area (Å²) in [7, 11) is 1.40. The Morgan fingerprint density at radius 1 is 1.24 bits per heavy atom. The number of nitrogens with zero attached hydrogens (tertiary/aromatic N) is 1. The first-order chi connectivity index (χ1) is 10.2. The summed E-state index contributed by atoms with van der Waals surface area (Å²) in [5.74, 6) is -0.292. The second-order valence-corrected chi connectivity index (χ2v) is 6.22. The molecule has 2 saturated heterocycles. The van der Waals surface area contributed by atoms with Crippen LogP contribution in [-0.4, -0.2) is 41.3 Å². The molecule has 2 bridgehead atoms. The SMILES string of the molecule is COC(=O)c1ccc(CN2[C@@H]3CCC[C@H]2CC(O)C3)cc1. The largest absolute Gasteiger partial charge is 0.465 e. The summed E-state index contributed by atoms with van der Waals surface area (Å²) < 4.78 is 4.72. The van der Waals surface area contributed by atoms with Gasteiger partial charge in [-0.25, -0.2) is 4.79 Å². The molecular weight excluding hydrogens is 266 g/mol. The van der Waals surface area contributed by atoms with Gasteiger partial charge >= 0.3 is 5.97 Å². The van der Waals surface area contributed by atoms with Gasteiger partial charge in [-0.15, -0.1) is 0 Å². The molecule has 21 heavy (non-hydrogen) atoms. The normalized spacial score (nSPS) is 29.1. The molecule has 2 fully saturated rings. The van der Waals surface area contributed by atoms with E-state index in [1.165, 1.54) is 31.9 Å². The van der Waals surface area contributed by atoms with Crippen LogP contribution in [-0.2, 0) is 11.3 Å². The number of fused-ring (bicyclic) bond motifs is 2. The quantitative estimate of drug-likeness (QED) is 0.868. The molecule has 1 unspecified atom stereocenters. The molecule has 1 aromatic carbocycles. The number of methoxy groups -OCH3 is 1. The van der Waals surface area contributed by atoms with Crippen molar-refractivity contribution in [1.82, 2.24) is 4.90 Å². The smallest absolute Gasteiger partial charge is 0.337 e. The average molecular weight is 289 g/mol. The molecule has 0 aromatic heterocycles. The lowest BCUT2D eigenvalue weighted by molar-refractivity contribution is -0.0312. The molecule has 0 amide bonds. The fourth-order valence-corrected chi connectivity index (χ4v) is 3.78. The maximum absolute atomic E-state index is 11.4. The van der Waals surface area contributed by atoms with E-state index in [2.05, 4.69) is 4.90 Å². The third-order valence-corrected chi connectivity index (χ3v) is 4.84. The molecule has 3 atom stereocenters. The highest BCUT2D eigenvalue weighted by molar-refractivity contribution is 5.89. The zero-order valence-electron chi connectivity index (χ0n) is 12.5. The molecule has 4 heteroatoms. The van der Waals surface area contributed by atoms with Crippen molar-refractivity contribution in [3.05, 3.63) is 35.4 Å². The van der Waals surface area contributed by atoms with E-state index >= 15 is 0 Å². The van der Waals surface area contributed by atoms with Crippen LogP contribution in [0.25, 0.3) is 0 Å². The van der Waals surface area contributed by atoms with Crippen molar-refractivity contribution in [3.63, 3.8) is 0 Å². The predicted molar refractivity (Wildman–Crippen MR) is 80.0 cm³/mol. The van der Waals surface area contributed by atoms with Crippen molar-refractivity contribution < 1.29 is 14.6 Å². The first-order valence-corrected chi connectivity index (χ1v) is 7.78. The van der Waals surface area contributed by atoms with Gasteiger partial charge < -0.3 is 9.84 Å². The van der Waals surface area contributed by atoms with Crippen molar-refractivity contribution in [2.45, 2.75) is 56.8 Å². The lowest BCUT2D eigenvalue weighted by atomic mass is 9.82. The van der Waals surface area contributed by atoms with Gasteiger partial charge in [-0.1, -0.05) is 18.6 Å². The van der Waals surface area contributed by atoms with Gasteiger partial charge in [0.25, 0.3) is 0 Å². The van der Waals surface area contributed by atoms with Gasteiger partial charge in [0.2, 0.25) is 0 Å². The highest BCUT2D eigenvalue weighted by Gasteiger charge is 2.37. The van der Waals surface area contributed by atoms with Gasteiger partial charge in [-0.05, 0) is 43.4 Å². The molecule has 0 spiro atoms. The molecule has 0 aliphatic carbocycles. The number of piperidine rings is 2. The van der Waals surface area contributed by atoms with E-state index in [1.54, 1.807) is 0 Å². The number of benzene rings is 1. The van der Waals surface area contributed by atoms with Crippen molar-refractivity contribution >= 4 is 5.97 Å². The van der Waals surface area contributed by atoms with Gasteiger partial charge in [0, 0.05) is 18.6 Å². The van der Waals surface area contributed by atoms with Crippen LogP contribution in [0.2, 0.25) is 0 Å². The Morgan fingerprint density at radius 3 is 2.43 bits per heavy atom. The maximum atomic E-state index is 11.4. The summed E-state index contributed by atoms with van der Waals surface area (Å²) in [5.41, 5.74) is 1.81. The topological polar surface area (TPSA) is 49.8 Å². The number of carbonyl (C=O) groups is 1. The van der Waals surface area contributed by atoms with E-state index in [0.29, 0.717) is 17.6 Å². The fraction of sp³-hybridized carbons (Fsp3) is 0.588. The Balaban J connectivity index is 1.70. The first kappa shape index (κ1) is 14.5. The molecule has 2 aliphatic heterocycles. The summed E-state index contributed by atoms with van der Waals surface area (Å²) in [5, 5.41) is 9.95. The maximum Gasteiger partial charge on any atom is 0.337 e. The van der Waals surface area contributed by atoms with Crippen molar-refractivity contribution in [2.75, 3.05) is 7.11 Å². The number of aliphatic hydroxyl groups excluding tert-OH is 1. The molecule has 0 radical (unpaired) electrons. The Kier molecular flexibility index (Phi) is 4.27. The Hall–Kier alpha value is -1.39. The van der Waals surface area contributed by atoms with E-state index < -0.39 is 0 Å². The van der Waals surface area contributed by atoms with Crippen LogP contribution in [0.15, 0.2) is 24.3 Å². The molecule has 114 valence electrons. The molecule has 1 N–H and O–H groups in total. The van der Waals surface area contributed by atoms with Crippen LogP contribution < -0.4 is 0 Å². The Bertz CT molecular complexity index is 485. The van der Waals surface area contributed by atoms with Crippen molar-refractivity contribution in [2.24, 2.45) is 0 Å². The summed E-state index contributed by atoms with van der Waals surface area (Å²) in [6, 6.07) is 8.69. The van der Waals surface area contributed by atoms with Gasteiger partial charge in [0.05, 0.1) is 18.8 Å². The third kappa shape index (κ3) is 3.11. The van der Waals surface area contributed by atoms with Crippen LogP contribution in [0.5, 0.6) is 0 Å². The molecule has 3 rings (SSSR count). The first-order valence-electron chi connectivity index (χ1n) is 7.78. The lowest BCUT2D eigenvalue weighted by Gasteiger charge is -2.47. The van der Waals surface area contributed by atoms with E-state index in [-0.39, 0.29) is 12.1 Å². The van der Waals surface area contributed by atoms with Gasteiger partial charge in [-0.3, -0.25) is 4.90 Å². The summed E-state index contributed by atoms with van der Waals surface area (Å²) in [4.78, 5) is 14.0. The second kappa shape index (κ2) is 6.16.